The second-order valence-electron chi connectivity index (χ2n) is 5.26. The number of nitrogens with two attached hydrogens (primary N) is 1. The minimum absolute atomic E-state index is 0.259. The van der Waals surface area contributed by atoms with Gasteiger partial charge in [0.05, 0.1) is 18.2 Å². The summed E-state index contributed by atoms with van der Waals surface area (Å²) in [7, 11) is 2.12. The van der Waals surface area contributed by atoms with Crippen molar-refractivity contribution in [2.24, 2.45) is 5.73 Å². The second-order valence-corrected chi connectivity index (χ2v) is 5.26. The maximum Gasteiger partial charge on any atom is 0.0794 e. The zero-order valence-corrected chi connectivity index (χ0v) is 11.6. The monoisotopic (exact) mass is 248 g/mol. The van der Waals surface area contributed by atoms with Crippen molar-refractivity contribution in [2.45, 2.75) is 44.9 Å². The maximum atomic E-state index is 5.98. The first-order valence-electron chi connectivity index (χ1n) is 6.77. The van der Waals surface area contributed by atoms with Crippen LogP contribution >= 0.6 is 0 Å². The van der Waals surface area contributed by atoms with E-state index < -0.39 is 0 Å². The van der Waals surface area contributed by atoms with E-state index in [1.165, 1.54) is 11.3 Å². The molecule has 18 heavy (non-hydrogen) atoms. The first-order valence-corrected chi connectivity index (χ1v) is 6.77. The maximum absolute atomic E-state index is 5.98. The highest BCUT2D eigenvalue weighted by Gasteiger charge is 2.31. The number of hydrogen-bond donors (Lipinski definition) is 1. The minimum atomic E-state index is 0.259. The number of rotatable bonds is 4. The standard InChI is InChI=1S/C15H24N2O/c1-11-6-4-5-7-13(11)17(3)14(10-16)15-9-8-12(2)18-15/h4-7,12,14-15H,8-10,16H2,1-3H3. The SMILES string of the molecule is Cc1ccccc1N(C)C(CN)C1CCC(C)O1. The summed E-state index contributed by atoms with van der Waals surface area (Å²) in [5.74, 6) is 0. The predicted octanol–water partition coefficient (Wildman–Crippen LogP) is 2.33. The highest BCUT2D eigenvalue weighted by molar-refractivity contribution is 5.53. The van der Waals surface area contributed by atoms with E-state index in [-0.39, 0.29) is 12.1 Å². The normalized spacial score (nSPS) is 25.1. The van der Waals surface area contributed by atoms with Crippen LogP contribution in [0.25, 0.3) is 0 Å². The molecular formula is C15H24N2O. The number of benzene rings is 1. The van der Waals surface area contributed by atoms with Crippen molar-refractivity contribution in [2.75, 3.05) is 18.5 Å². The Kier molecular flexibility index (Phi) is 4.25. The van der Waals surface area contributed by atoms with Crippen LogP contribution in [-0.2, 0) is 4.74 Å². The summed E-state index contributed by atoms with van der Waals surface area (Å²) in [6, 6.07) is 8.69. The van der Waals surface area contributed by atoms with Gasteiger partial charge in [0.15, 0.2) is 0 Å². The van der Waals surface area contributed by atoms with E-state index in [9.17, 15) is 0 Å². The molecule has 3 nitrogen and oxygen atoms in total. The van der Waals surface area contributed by atoms with E-state index in [0.29, 0.717) is 12.6 Å². The van der Waals surface area contributed by atoms with Crippen LogP contribution < -0.4 is 10.6 Å². The van der Waals surface area contributed by atoms with E-state index in [1.807, 2.05) is 0 Å². The van der Waals surface area contributed by atoms with Crippen LogP contribution in [0.4, 0.5) is 5.69 Å². The lowest BCUT2D eigenvalue weighted by atomic mass is 10.0. The Hall–Kier alpha value is -1.06. The summed E-state index contributed by atoms with van der Waals surface area (Å²) in [5, 5.41) is 0. The van der Waals surface area contributed by atoms with Crippen molar-refractivity contribution in [1.29, 1.82) is 0 Å². The van der Waals surface area contributed by atoms with Crippen LogP contribution in [0.2, 0.25) is 0 Å². The van der Waals surface area contributed by atoms with E-state index in [1.54, 1.807) is 0 Å². The van der Waals surface area contributed by atoms with Gasteiger partial charge in [-0.15, -0.1) is 0 Å². The average Bonchev–Trinajstić information content (AvgIpc) is 2.77. The van der Waals surface area contributed by atoms with Crippen LogP contribution in [0.3, 0.4) is 0 Å². The van der Waals surface area contributed by atoms with Gasteiger partial charge in [0.2, 0.25) is 0 Å². The predicted molar refractivity (Wildman–Crippen MR) is 76.0 cm³/mol. The van der Waals surface area contributed by atoms with Crippen LogP contribution in [0, 0.1) is 6.92 Å². The zero-order chi connectivity index (χ0) is 13.1. The minimum Gasteiger partial charge on any atom is -0.373 e. The fraction of sp³-hybridized carbons (Fsp3) is 0.600. The molecule has 1 saturated heterocycles. The Balaban J connectivity index is 2.15. The van der Waals surface area contributed by atoms with E-state index in [2.05, 4.69) is 50.1 Å². The number of nitrogens with zero attached hydrogens (tertiary/aromatic N) is 1. The highest BCUT2D eigenvalue weighted by Crippen LogP contribution is 2.27. The van der Waals surface area contributed by atoms with E-state index >= 15 is 0 Å². The molecule has 0 aliphatic carbocycles. The molecule has 1 heterocycles. The molecule has 100 valence electrons. The van der Waals surface area contributed by atoms with E-state index in [0.717, 1.165) is 12.8 Å². The average molecular weight is 248 g/mol. The molecule has 3 atom stereocenters. The smallest absolute Gasteiger partial charge is 0.0794 e. The number of hydrogen-bond acceptors (Lipinski definition) is 3. The molecule has 0 amide bonds. The molecule has 2 rings (SSSR count). The second kappa shape index (κ2) is 5.72. The lowest BCUT2D eigenvalue weighted by Crippen LogP contribution is -2.46. The van der Waals surface area contributed by atoms with Crippen LogP contribution in [-0.4, -0.2) is 31.8 Å². The molecule has 1 aliphatic heterocycles. The summed E-state index contributed by atoms with van der Waals surface area (Å²) >= 11 is 0. The summed E-state index contributed by atoms with van der Waals surface area (Å²) in [5.41, 5.74) is 8.49. The van der Waals surface area contributed by atoms with Gasteiger partial charge in [0.1, 0.15) is 0 Å². The van der Waals surface area contributed by atoms with Crippen molar-refractivity contribution >= 4 is 5.69 Å². The third-order valence-corrected chi connectivity index (χ3v) is 3.93. The largest absolute Gasteiger partial charge is 0.373 e. The molecule has 1 aromatic rings. The van der Waals surface area contributed by atoms with Gasteiger partial charge in [-0.2, -0.15) is 0 Å². The number of para-hydroxylation sites is 1. The number of anilines is 1. The topological polar surface area (TPSA) is 38.5 Å². The van der Waals surface area contributed by atoms with E-state index in [4.69, 9.17) is 10.5 Å². The van der Waals surface area contributed by atoms with Crippen LogP contribution in [0.1, 0.15) is 25.3 Å². The number of aryl methyl sites for hydroxylation is 1. The Morgan fingerprint density at radius 1 is 1.39 bits per heavy atom. The van der Waals surface area contributed by atoms with Gasteiger partial charge in [-0.25, -0.2) is 0 Å². The van der Waals surface area contributed by atoms with Gasteiger partial charge in [-0.05, 0) is 38.3 Å². The fourth-order valence-electron chi connectivity index (χ4n) is 2.81. The van der Waals surface area contributed by atoms with Crippen LogP contribution in [0.15, 0.2) is 24.3 Å². The van der Waals surface area contributed by atoms with Crippen LogP contribution in [0.5, 0.6) is 0 Å². The Morgan fingerprint density at radius 3 is 2.67 bits per heavy atom. The van der Waals surface area contributed by atoms with Crippen molar-refractivity contribution in [3.8, 4) is 0 Å². The molecule has 3 unspecified atom stereocenters. The Bertz CT molecular complexity index is 394. The molecule has 2 N–H and O–H groups in total. The molecule has 0 bridgehead atoms. The van der Waals surface area contributed by atoms with Gasteiger partial charge >= 0.3 is 0 Å². The molecule has 1 aliphatic rings. The van der Waals surface area contributed by atoms with Crippen molar-refractivity contribution < 1.29 is 4.74 Å². The van der Waals surface area contributed by atoms with Gasteiger partial charge in [0.25, 0.3) is 0 Å². The van der Waals surface area contributed by atoms with Gasteiger partial charge in [-0.1, -0.05) is 18.2 Å². The van der Waals surface area contributed by atoms with Gasteiger partial charge in [-0.3, -0.25) is 0 Å². The third-order valence-electron chi connectivity index (χ3n) is 3.93. The lowest BCUT2D eigenvalue weighted by Gasteiger charge is -2.34. The first-order chi connectivity index (χ1) is 8.63. The number of likely N-dealkylation sites (N-methyl/N-ethyl adjacent to an activating group) is 1. The molecule has 0 radical (unpaired) electrons. The molecule has 1 fully saturated rings. The van der Waals surface area contributed by atoms with Crippen molar-refractivity contribution in [1.82, 2.24) is 0 Å². The van der Waals surface area contributed by atoms with Gasteiger partial charge in [0, 0.05) is 19.3 Å². The fourth-order valence-corrected chi connectivity index (χ4v) is 2.81. The molecule has 0 saturated carbocycles. The molecule has 1 aromatic carbocycles. The molecule has 0 spiro atoms. The quantitative estimate of drug-likeness (QED) is 0.888. The molecule has 3 heteroatoms. The summed E-state index contributed by atoms with van der Waals surface area (Å²) in [4.78, 5) is 2.28. The highest BCUT2D eigenvalue weighted by atomic mass is 16.5. The number of ether oxygens (including phenoxy) is 1. The summed E-state index contributed by atoms with van der Waals surface area (Å²) < 4.78 is 5.98. The summed E-state index contributed by atoms with van der Waals surface area (Å²) in [6.45, 7) is 4.90. The molecular weight excluding hydrogens is 224 g/mol. The molecule has 0 aromatic heterocycles. The summed E-state index contributed by atoms with van der Waals surface area (Å²) in [6.07, 6.45) is 2.88. The lowest BCUT2D eigenvalue weighted by molar-refractivity contribution is 0.0411. The Morgan fingerprint density at radius 2 is 2.11 bits per heavy atom. The third kappa shape index (κ3) is 2.68. The van der Waals surface area contributed by atoms with Crippen molar-refractivity contribution in [3.05, 3.63) is 29.8 Å². The van der Waals surface area contributed by atoms with Crippen molar-refractivity contribution in [3.63, 3.8) is 0 Å². The zero-order valence-electron chi connectivity index (χ0n) is 11.6. The first kappa shape index (κ1) is 13.4. The Labute approximate surface area is 110 Å². The van der Waals surface area contributed by atoms with Gasteiger partial charge < -0.3 is 15.4 Å².